The molecule has 27 heavy (non-hydrogen) atoms. The molecule has 2 unspecified atom stereocenters. The summed E-state index contributed by atoms with van der Waals surface area (Å²) >= 11 is 0. The van der Waals surface area contributed by atoms with E-state index in [0.29, 0.717) is 12.3 Å². The SMILES string of the molecule is CCC(C)c1ccc(S(=O)(=O)N(C2CCCCC2)C2CCS(=O)(=O)C2)cc1. The molecule has 1 heterocycles. The first-order valence-corrected chi connectivity index (χ1v) is 13.3. The molecule has 0 aromatic heterocycles. The molecule has 152 valence electrons. The Balaban J connectivity index is 1.94. The molecule has 0 spiro atoms. The quantitative estimate of drug-likeness (QED) is 0.713. The third-order valence-electron chi connectivity index (χ3n) is 6.14. The van der Waals surface area contributed by atoms with Gasteiger partial charge >= 0.3 is 0 Å². The van der Waals surface area contributed by atoms with Crippen molar-refractivity contribution in [3.63, 3.8) is 0 Å². The molecular formula is C20H31NO4S2. The number of hydrogen-bond donors (Lipinski definition) is 0. The van der Waals surface area contributed by atoms with Crippen LogP contribution in [0.3, 0.4) is 0 Å². The summed E-state index contributed by atoms with van der Waals surface area (Å²) in [5.74, 6) is 0.424. The average molecular weight is 414 g/mol. The highest BCUT2D eigenvalue weighted by molar-refractivity contribution is 7.92. The second-order valence-electron chi connectivity index (χ2n) is 8.06. The molecule has 2 fully saturated rings. The van der Waals surface area contributed by atoms with E-state index in [-0.39, 0.29) is 22.4 Å². The largest absolute Gasteiger partial charge is 0.243 e. The Kier molecular flexibility index (Phi) is 6.33. The van der Waals surface area contributed by atoms with Gasteiger partial charge in [0.2, 0.25) is 10.0 Å². The van der Waals surface area contributed by atoms with Gasteiger partial charge in [0.25, 0.3) is 0 Å². The summed E-state index contributed by atoms with van der Waals surface area (Å²) in [5, 5.41) is 0. The number of benzene rings is 1. The molecule has 1 saturated carbocycles. The number of rotatable bonds is 6. The number of nitrogens with zero attached hydrogens (tertiary/aromatic N) is 1. The molecule has 0 bridgehead atoms. The predicted octanol–water partition coefficient (Wildman–Crippen LogP) is 3.71. The van der Waals surface area contributed by atoms with Gasteiger partial charge in [-0.3, -0.25) is 0 Å². The fourth-order valence-corrected chi connectivity index (χ4v) is 8.03. The molecule has 3 rings (SSSR count). The Hall–Kier alpha value is -0.920. The topological polar surface area (TPSA) is 71.5 Å². The molecule has 1 saturated heterocycles. The van der Waals surface area contributed by atoms with E-state index in [0.717, 1.165) is 44.1 Å². The van der Waals surface area contributed by atoms with E-state index in [2.05, 4.69) is 13.8 Å². The zero-order chi connectivity index (χ0) is 19.7. The van der Waals surface area contributed by atoms with E-state index < -0.39 is 25.9 Å². The number of hydrogen-bond acceptors (Lipinski definition) is 4. The third kappa shape index (κ3) is 4.57. The normalized spacial score (nSPS) is 24.9. The summed E-state index contributed by atoms with van der Waals surface area (Å²) < 4.78 is 52.6. The van der Waals surface area contributed by atoms with E-state index in [1.807, 2.05) is 12.1 Å². The average Bonchev–Trinajstić information content (AvgIpc) is 3.01. The minimum atomic E-state index is -3.71. The molecule has 0 radical (unpaired) electrons. The molecule has 1 aromatic carbocycles. The van der Waals surface area contributed by atoms with Gasteiger partial charge in [-0.2, -0.15) is 4.31 Å². The van der Waals surface area contributed by atoms with Crippen LogP contribution in [0.5, 0.6) is 0 Å². The van der Waals surface area contributed by atoms with Crippen molar-refractivity contribution in [2.24, 2.45) is 0 Å². The van der Waals surface area contributed by atoms with Crippen molar-refractivity contribution in [2.75, 3.05) is 11.5 Å². The molecule has 1 aromatic rings. The molecule has 1 aliphatic carbocycles. The summed E-state index contributed by atoms with van der Waals surface area (Å²) in [5.41, 5.74) is 1.13. The highest BCUT2D eigenvalue weighted by Crippen LogP contribution is 2.33. The minimum Gasteiger partial charge on any atom is -0.229 e. The summed E-state index contributed by atoms with van der Waals surface area (Å²) in [6.07, 6.45) is 6.17. The lowest BCUT2D eigenvalue weighted by molar-refractivity contribution is 0.213. The fourth-order valence-electron chi connectivity index (χ4n) is 4.33. The molecule has 1 aliphatic heterocycles. The first-order chi connectivity index (χ1) is 12.7. The summed E-state index contributed by atoms with van der Waals surface area (Å²) in [7, 11) is -6.86. The lowest BCUT2D eigenvalue weighted by Gasteiger charge is -2.37. The van der Waals surface area contributed by atoms with Gasteiger partial charge in [-0.15, -0.1) is 0 Å². The van der Waals surface area contributed by atoms with E-state index in [1.54, 1.807) is 16.4 Å². The summed E-state index contributed by atoms with van der Waals surface area (Å²) in [6, 6.07) is 6.65. The Morgan fingerprint density at radius 2 is 1.67 bits per heavy atom. The summed E-state index contributed by atoms with van der Waals surface area (Å²) in [4.78, 5) is 0.282. The van der Waals surface area contributed by atoms with Crippen molar-refractivity contribution in [1.29, 1.82) is 0 Å². The molecule has 2 aliphatic rings. The van der Waals surface area contributed by atoms with Crippen molar-refractivity contribution >= 4 is 19.9 Å². The van der Waals surface area contributed by atoms with Crippen LogP contribution in [0, 0.1) is 0 Å². The van der Waals surface area contributed by atoms with Crippen LogP contribution in [0.1, 0.15) is 70.3 Å². The molecule has 0 amide bonds. The van der Waals surface area contributed by atoms with E-state index >= 15 is 0 Å². The van der Waals surface area contributed by atoms with E-state index in [1.165, 1.54) is 0 Å². The van der Waals surface area contributed by atoms with Gasteiger partial charge in [0, 0.05) is 12.1 Å². The lowest BCUT2D eigenvalue weighted by Crippen LogP contribution is -2.48. The third-order valence-corrected chi connectivity index (χ3v) is 9.91. The Morgan fingerprint density at radius 3 is 2.19 bits per heavy atom. The minimum absolute atomic E-state index is 0.0479. The number of sulfone groups is 1. The van der Waals surface area contributed by atoms with Crippen molar-refractivity contribution in [2.45, 2.75) is 81.7 Å². The first kappa shape index (κ1) is 20.8. The first-order valence-electron chi connectivity index (χ1n) is 10.1. The second kappa shape index (κ2) is 8.21. The van der Waals surface area contributed by atoms with Gasteiger partial charge in [-0.1, -0.05) is 45.2 Å². The predicted molar refractivity (Wildman–Crippen MR) is 108 cm³/mol. The van der Waals surface area contributed by atoms with Crippen molar-refractivity contribution in [3.8, 4) is 0 Å². The van der Waals surface area contributed by atoms with Gasteiger partial charge < -0.3 is 0 Å². The highest BCUT2D eigenvalue weighted by Gasteiger charge is 2.42. The van der Waals surface area contributed by atoms with Crippen LogP contribution in [0.4, 0.5) is 0 Å². The van der Waals surface area contributed by atoms with Crippen molar-refractivity contribution < 1.29 is 16.8 Å². The standard InChI is InChI=1S/C20H31NO4S2/c1-3-16(2)17-9-11-20(12-10-17)27(24,25)21(18-7-5-4-6-8-18)19-13-14-26(22,23)15-19/h9-12,16,18-19H,3-8,13-15H2,1-2H3. The maximum absolute atomic E-state index is 13.5. The summed E-state index contributed by atoms with van der Waals surface area (Å²) in [6.45, 7) is 4.24. The second-order valence-corrected chi connectivity index (χ2v) is 12.1. The smallest absolute Gasteiger partial charge is 0.229 e. The Labute approximate surface area is 164 Å². The van der Waals surface area contributed by atoms with Crippen LogP contribution in [-0.2, 0) is 19.9 Å². The Bertz CT molecular complexity index is 840. The fraction of sp³-hybridized carbons (Fsp3) is 0.700. The molecule has 0 N–H and O–H groups in total. The zero-order valence-electron chi connectivity index (χ0n) is 16.3. The van der Waals surface area contributed by atoms with Gasteiger partial charge in [0.15, 0.2) is 9.84 Å². The van der Waals surface area contributed by atoms with Gasteiger partial charge in [0.1, 0.15) is 0 Å². The van der Waals surface area contributed by atoms with Crippen LogP contribution in [0.25, 0.3) is 0 Å². The highest BCUT2D eigenvalue weighted by atomic mass is 32.2. The van der Waals surface area contributed by atoms with Crippen LogP contribution >= 0.6 is 0 Å². The molecule has 2 atom stereocenters. The van der Waals surface area contributed by atoms with Gasteiger partial charge in [-0.25, -0.2) is 16.8 Å². The molecule has 7 heteroatoms. The molecular weight excluding hydrogens is 382 g/mol. The Morgan fingerprint density at radius 1 is 1.04 bits per heavy atom. The van der Waals surface area contributed by atoms with E-state index in [9.17, 15) is 16.8 Å². The number of sulfonamides is 1. The van der Waals surface area contributed by atoms with Crippen LogP contribution < -0.4 is 0 Å². The lowest BCUT2D eigenvalue weighted by atomic mass is 9.95. The van der Waals surface area contributed by atoms with Crippen LogP contribution in [-0.4, -0.2) is 44.7 Å². The van der Waals surface area contributed by atoms with Gasteiger partial charge in [-0.05, 0) is 49.3 Å². The van der Waals surface area contributed by atoms with Crippen LogP contribution in [0.15, 0.2) is 29.2 Å². The van der Waals surface area contributed by atoms with Gasteiger partial charge in [0.05, 0.1) is 16.4 Å². The van der Waals surface area contributed by atoms with Crippen molar-refractivity contribution in [3.05, 3.63) is 29.8 Å². The molecule has 5 nitrogen and oxygen atoms in total. The van der Waals surface area contributed by atoms with Crippen LogP contribution in [0.2, 0.25) is 0 Å². The van der Waals surface area contributed by atoms with Crippen molar-refractivity contribution in [1.82, 2.24) is 4.31 Å². The maximum Gasteiger partial charge on any atom is 0.243 e. The maximum atomic E-state index is 13.5. The zero-order valence-corrected chi connectivity index (χ0v) is 17.9. The van der Waals surface area contributed by atoms with E-state index in [4.69, 9.17) is 0 Å². The monoisotopic (exact) mass is 413 g/mol.